The molecule has 1 saturated heterocycles. The lowest BCUT2D eigenvalue weighted by atomic mass is 9.92. The Morgan fingerprint density at radius 3 is 2.66 bits per heavy atom. The highest BCUT2D eigenvalue weighted by Crippen LogP contribution is 2.33. The summed E-state index contributed by atoms with van der Waals surface area (Å²) < 4.78 is 10.6. The van der Waals surface area contributed by atoms with E-state index < -0.39 is 0 Å². The number of likely N-dealkylation sites (tertiary alicyclic amines) is 1. The fraction of sp³-hybridized carbons (Fsp3) is 0.500. The molecule has 0 aliphatic carbocycles. The highest BCUT2D eigenvalue weighted by molar-refractivity contribution is 7.13. The van der Waals surface area contributed by atoms with Gasteiger partial charge in [-0.3, -0.25) is 4.79 Å². The van der Waals surface area contributed by atoms with Crippen LogP contribution in [0.4, 0.5) is 0 Å². The van der Waals surface area contributed by atoms with E-state index in [1.165, 1.54) is 11.3 Å². The van der Waals surface area contributed by atoms with Gasteiger partial charge in [-0.05, 0) is 37.0 Å². The average molecular weight is 462 g/mol. The number of benzene rings is 1. The summed E-state index contributed by atoms with van der Waals surface area (Å²) in [5, 5.41) is 2.81. The number of thiazole rings is 1. The third-order valence-corrected chi connectivity index (χ3v) is 6.03. The number of hydrogen-bond donors (Lipinski definition) is 1. The molecule has 3 rings (SSSR count). The Kier molecular flexibility index (Phi) is 10.2. The van der Waals surface area contributed by atoms with Crippen LogP contribution in [0.1, 0.15) is 25.5 Å². The monoisotopic (exact) mass is 461 g/mol. The first-order valence-electron chi connectivity index (χ1n) is 9.22. The van der Waals surface area contributed by atoms with Crippen LogP contribution in [0.2, 0.25) is 0 Å². The molecule has 2 heterocycles. The number of carbonyl (C=O) groups is 1. The molecular weight excluding hydrogens is 433 g/mol. The van der Waals surface area contributed by atoms with Crippen LogP contribution in [0.15, 0.2) is 23.6 Å². The molecule has 0 saturated carbocycles. The Morgan fingerprint density at radius 1 is 1.28 bits per heavy atom. The molecule has 6 nitrogen and oxygen atoms in total. The molecule has 1 fully saturated rings. The number of halogens is 2. The zero-order chi connectivity index (χ0) is 19.4. The number of amides is 1. The second-order valence-corrected chi connectivity index (χ2v) is 7.85. The van der Waals surface area contributed by atoms with Crippen molar-refractivity contribution in [3.05, 3.63) is 29.3 Å². The van der Waals surface area contributed by atoms with Gasteiger partial charge in [0.1, 0.15) is 5.01 Å². The first kappa shape index (κ1) is 25.5. The van der Waals surface area contributed by atoms with Crippen LogP contribution in [-0.4, -0.2) is 49.1 Å². The lowest BCUT2D eigenvalue weighted by molar-refractivity contribution is -0.134. The lowest BCUT2D eigenvalue weighted by Gasteiger charge is -2.38. The van der Waals surface area contributed by atoms with Crippen molar-refractivity contribution in [1.29, 1.82) is 0 Å². The number of piperidine rings is 1. The fourth-order valence-electron chi connectivity index (χ4n) is 3.55. The summed E-state index contributed by atoms with van der Waals surface area (Å²) in [6.45, 7) is 3.53. The molecular formula is C20H29Cl2N3O3S. The number of aromatic nitrogens is 1. The lowest BCUT2D eigenvalue weighted by Crippen LogP contribution is -2.49. The van der Waals surface area contributed by atoms with E-state index in [1.54, 1.807) is 14.2 Å². The summed E-state index contributed by atoms with van der Waals surface area (Å²) in [5.41, 5.74) is 7.63. The van der Waals surface area contributed by atoms with Crippen LogP contribution in [0.5, 0.6) is 11.5 Å². The SMILES string of the molecule is COc1ccc(-c2nc(CC(=O)N3CCC(C)CC3CN)cs2)cc1OC.Cl.Cl. The third kappa shape index (κ3) is 5.98. The van der Waals surface area contributed by atoms with Gasteiger partial charge >= 0.3 is 0 Å². The van der Waals surface area contributed by atoms with Crippen molar-refractivity contribution < 1.29 is 14.3 Å². The number of rotatable bonds is 6. The van der Waals surface area contributed by atoms with Crippen LogP contribution in [0.3, 0.4) is 0 Å². The van der Waals surface area contributed by atoms with Gasteiger partial charge in [0.2, 0.25) is 5.91 Å². The molecule has 1 aromatic heterocycles. The maximum absolute atomic E-state index is 12.8. The van der Waals surface area contributed by atoms with Gasteiger partial charge in [-0.25, -0.2) is 4.98 Å². The number of carbonyl (C=O) groups excluding carboxylic acids is 1. The zero-order valence-corrected chi connectivity index (χ0v) is 19.4. The predicted molar refractivity (Wildman–Crippen MR) is 122 cm³/mol. The number of hydrogen-bond acceptors (Lipinski definition) is 6. The van der Waals surface area contributed by atoms with Crippen LogP contribution < -0.4 is 15.2 Å². The minimum atomic E-state index is 0. The van der Waals surface area contributed by atoms with Crippen molar-refractivity contribution in [2.45, 2.75) is 32.2 Å². The van der Waals surface area contributed by atoms with Gasteiger partial charge in [-0.15, -0.1) is 36.2 Å². The van der Waals surface area contributed by atoms with E-state index in [0.29, 0.717) is 30.4 Å². The summed E-state index contributed by atoms with van der Waals surface area (Å²) in [6, 6.07) is 5.86. The molecule has 1 aliphatic heterocycles. The summed E-state index contributed by atoms with van der Waals surface area (Å²) in [5.74, 6) is 2.08. The van der Waals surface area contributed by atoms with Crippen LogP contribution in [0.25, 0.3) is 10.6 Å². The molecule has 1 amide bonds. The molecule has 9 heteroatoms. The Labute approximate surface area is 188 Å². The van der Waals surface area contributed by atoms with Crippen molar-refractivity contribution in [2.24, 2.45) is 11.7 Å². The number of nitrogens with zero attached hydrogens (tertiary/aromatic N) is 2. The summed E-state index contributed by atoms with van der Waals surface area (Å²) >= 11 is 1.53. The smallest absolute Gasteiger partial charge is 0.228 e. The summed E-state index contributed by atoms with van der Waals surface area (Å²) in [6.07, 6.45) is 2.33. The molecule has 1 aromatic carbocycles. The maximum Gasteiger partial charge on any atom is 0.228 e. The van der Waals surface area contributed by atoms with Gasteiger partial charge in [-0.2, -0.15) is 0 Å². The predicted octanol–water partition coefficient (Wildman–Crippen LogP) is 3.80. The normalized spacial score (nSPS) is 18.4. The molecule has 29 heavy (non-hydrogen) atoms. The molecule has 0 bridgehead atoms. The highest BCUT2D eigenvalue weighted by atomic mass is 35.5. The van der Waals surface area contributed by atoms with E-state index >= 15 is 0 Å². The third-order valence-electron chi connectivity index (χ3n) is 5.09. The van der Waals surface area contributed by atoms with E-state index in [9.17, 15) is 4.79 Å². The fourth-order valence-corrected chi connectivity index (χ4v) is 4.37. The van der Waals surface area contributed by atoms with Gasteiger partial charge in [0, 0.05) is 30.1 Å². The highest BCUT2D eigenvalue weighted by Gasteiger charge is 2.29. The molecule has 0 spiro atoms. The van der Waals surface area contributed by atoms with E-state index in [2.05, 4.69) is 11.9 Å². The van der Waals surface area contributed by atoms with Crippen LogP contribution in [0, 0.1) is 5.92 Å². The Morgan fingerprint density at radius 2 is 2.00 bits per heavy atom. The number of methoxy groups -OCH3 is 2. The Hall–Kier alpha value is -1.54. The van der Waals surface area contributed by atoms with Gasteiger partial charge in [0.25, 0.3) is 0 Å². The van der Waals surface area contributed by atoms with Crippen molar-refractivity contribution in [2.75, 3.05) is 27.3 Å². The molecule has 2 unspecified atom stereocenters. The quantitative estimate of drug-likeness (QED) is 0.707. The van der Waals surface area contributed by atoms with Crippen molar-refractivity contribution >= 4 is 42.1 Å². The molecule has 2 atom stereocenters. The van der Waals surface area contributed by atoms with Crippen molar-refractivity contribution in [3.8, 4) is 22.1 Å². The number of nitrogens with two attached hydrogens (primary N) is 1. The van der Waals surface area contributed by atoms with E-state index in [4.69, 9.17) is 15.2 Å². The van der Waals surface area contributed by atoms with Gasteiger partial charge in [0.15, 0.2) is 11.5 Å². The van der Waals surface area contributed by atoms with E-state index in [0.717, 1.165) is 35.7 Å². The van der Waals surface area contributed by atoms with Crippen molar-refractivity contribution in [3.63, 3.8) is 0 Å². The van der Waals surface area contributed by atoms with Gasteiger partial charge in [0.05, 0.1) is 26.3 Å². The number of ether oxygens (including phenoxy) is 2. The first-order valence-corrected chi connectivity index (χ1v) is 10.1. The standard InChI is InChI=1S/C20H27N3O3S.2ClH/c1-13-6-7-23(16(8-13)11-21)19(24)10-15-12-27-20(22-15)14-4-5-17(25-2)18(9-14)26-3;;/h4-5,9,12-13,16H,6-8,10-11,21H2,1-3H3;2*1H. The molecule has 2 aromatic rings. The maximum atomic E-state index is 12.8. The molecule has 2 N–H and O–H groups in total. The minimum absolute atomic E-state index is 0. The first-order chi connectivity index (χ1) is 13.0. The summed E-state index contributed by atoms with van der Waals surface area (Å²) in [4.78, 5) is 19.4. The summed E-state index contributed by atoms with van der Waals surface area (Å²) in [7, 11) is 3.22. The van der Waals surface area contributed by atoms with Crippen LogP contribution in [-0.2, 0) is 11.2 Å². The second-order valence-electron chi connectivity index (χ2n) is 7.00. The topological polar surface area (TPSA) is 77.7 Å². The van der Waals surface area contributed by atoms with Gasteiger partial charge < -0.3 is 20.1 Å². The van der Waals surface area contributed by atoms with Crippen molar-refractivity contribution in [1.82, 2.24) is 9.88 Å². The molecule has 1 aliphatic rings. The Bertz CT molecular complexity index is 803. The van der Waals surface area contributed by atoms with Gasteiger partial charge in [-0.1, -0.05) is 6.92 Å². The van der Waals surface area contributed by atoms with E-state index in [1.807, 2.05) is 28.5 Å². The molecule has 0 radical (unpaired) electrons. The molecule has 162 valence electrons. The largest absolute Gasteiger partial charge is 0.493 e. The zero-order valence-electron chi connectivity index (χ0n) is 16.9. The average Bonchev–Trinajstić information content (AvgIpc) is 3.15. The second kappa shape index (κ2) is 11.6. The minimum Gasteiger partial charge on any atom is -0.493 e. The van der Waals surface area contributed by atoms with Crippen LogP contribution >= 0.6 is 36.2 Å². The Balaban J connectivity index is 0.00000210. The van der Waals surface area contributed by atoms with E-state index in [-0.39, 0.29) is 36.8 Å².